The number of nitrogens with two attached hydrogens (primary N) is 1. The molecule has 0 aliphatic carbocycles. The van der Waals surface area contributed by atoms with E-state index < -0.39 is 32.0 Å². The van der Waals surface area contributed by atoms with E-state index >= 15 is 0 Å². The van der Waals surface area contributed by atoms with E-state index in [1.165, 1.54) is 51.0 Å². The van der Waals surface area contributed by atoms with Crippen molar-refractivity contribution < 1.29 is 164 Å². The number of esters is 2. The maximum atomic E-state index is 12.3. The number of ether oxygens (including phenoxy) is 2. The Labute approximate surface area is 442 Å². The molecule has 2 aromatic carbocycles. The Morgan fingerprint density at radius 1 is 0.862 bits per heavy atom. The molecule has 0 fully saturated rings. The minimum Gasteiger partial charge on any atom is -1.00 e. The molecule has 0 amide bonds. The fraction of sp³-hybridized carbons (Fsp3) is 0.206. The first-order valence-corrected chi connectivity index (χ1v) is 19.8. The van der Waals surface area contributed by atoms with E-state index in [4.69, 9.17) is 52.0 Å². The SMILES string of the molecule is C.C=CCBr.C=CCNS(=O)(=O)c1cc(C(=O)OC)c(NCc2ccco2)cc1Cl.COC(=O)c1cc(S(N)(=O)=O)c(Cl)cc1NCc1ccco1.O=CO[O-].[H-].[K+].[K+]. The van der Waals surface area contributed by atoms with Crippen LogP contribution < -0.4 is 129 Å². The van der Waals surface area contributed by atoms with Crippen molar-refractivity contribution in [2.45, 2.75) is 30.3 Å². The molecule has 0 saturated carbocycles. The van der Waals surface area contributed by atoms with Crippen LogP contribution in [-0.2, 0) is 52.3 Å². The van der Waals surface area contributed by atoms with E-state index in [0.29, 0.717) is 22.9 Å². The molecule has 0 spiro atoms. The van der Waals surface area contributed by atoms with Gasteiger partial charge in [0.15, 0.2) is 0 Å². The molecule has 2 heterocycles. The number of halogens is 3. The molecule has 17 nitrogen and oxygen atoms in total. The second-order valence-electron chi connectivity index (χ2n) is 9.83. The second-order valence-corrected chi connectivity index (χ2v) is 14.6. The van der Waals surface area contributed by atoms with Gasteiger partial charge in [0.25, 0.3) is 6.47 Å². The summed E-state index contributed by atoms with van der Waals surface area (Å²) in [4.78, 5) is 34.5. The Morgan fingerprint density at radius 3 is 1.57 bits per heavy atom. The van der Waals surface area contributed by atoms with E-state index in [1.54, 1.807) is 30.3 Å². The van der Waals surface area contributed by atoms with Gasteiger partial charge in [-0.3, -0.25) is 4.79 Å². The van der Waals surface area contributed by atoms with Gasteiger partial charge in [-0.25, -0.2) is 36.3 Å². The van der Waals surface area contributed by atoms with Crippen LogP contribution in [-0.4, -0.2) is 61.3 Å². The van der Waals surface area contributed by atoms with Gasteiger partial charge >= 0.3 is 115 Å². The normalized spacial score (nSPS) is 9.84. The van der Waals surface area contributed by atoms with Gasteiger partial charge in [0.05, 0.1) is 72.4 Å². The van der Waals surface area contributed by atoms with Gasteiger partial charge in [-0.1, -0.05) is 58.7 Å². The maximum absolute atomic E-state index is 12.3. The maximum Gasteiger partial charge on any atom is 1.00 e. The number of furan rings is 2. The average Bonchev–Trinajstić information content (AvgIpc) is 3.90. The van der Waals surface area contributed by atoms with Crippen LogP contribution in [0.1, 0.15) is 41.1 Å². The van der Waals surface area contributed by atoms with Crippen LogP contribution in [0.15, 0.2) is 105 Å². The number of hydrogen-bond acceptors (Lipinski definition) is 15. The van der Waals surface area contributed by atoms with Crippen LogP contribution in [0.5, 0.6) is 0 Å². The number of hydrogen-bond donors (Lipinski definition) is 4. The fourth-order valence-electron chi connectivity index (χ4n) is 3.82. The quantitative estimate of drug-likeness (QED) is 0.0224. The summed E-state index contributed by atoms with van der Waals surface area (Å²) in [6.07, 6.45) is 6.22. The van der Waals surface area contributed by atoms with Gasteiger partial charge in [-0.15, -0.1) is 13.2 Å². The van der Waals surface area contributed by atoms with Crippen LogP contribution in [0.2, 0.25) is 10.0 Å². The molecule has 0 aliphatic rings. The van der Waals surface area contributed by atoms with Crippen LogP contribution in [0, 0.1) is 0 Å². The molecule has 0 radical (unpaired) electrons. The van der Waals surface area contributed by atoms with Gasteiger partial charge in [0.1, 0.15) is 21.3 Å². The first-order chi connectivity index (χ1) is 26.0. The number of nitrogens with one attached hydrogen (secondary N) is 3. The molecule has 58 heavy (non-hydrogen) atoms. The molecule has 5 N–H and O–H groups in total. The minimum atomic E-state index is -4.06. The molecule has 0 atom stereocenters. The molecular weight excluding hydrogens is 966 g/mol. The topological polar surface area (TPSA) is 259 Å². The Balaban J connectivity index is -0.000000411. The first-order valence-electron chi connectivity index (χ1n) is 14.9. The van der Waals surface area contributed by atoms with Crippen molar-refractivity contribution >= 4 is 89.0 Å². The second kappa shape index (κ2) is 32.3. The number of allylic oxidation sites excluding steroid dienone is 1. The minimum absolute atomic E-state index is 0. The number of primary sulfonamides is 1. The van der Waals surface area contributed by atoms with Crippen LogP contribution in [0.25, 0.3) is 0 Å². The zero-order valence-electron chi connectivity index (χ0n) is 32.1. The number of sulfonamides is 2. The van der Waals surface area contributed by atoms with Crippen molar-refractivity contribution in [3.8, 4) is 0 Å². The molecule has 0 aliphatic heterocycles. The van der Waals surface area contributed by atoms with Gasteiger partial charge in [-0.2, -0.15) is 0 Å². The third-order valence-electron chi connectivity index (χ3n) is 6.18. The third-order valence-corrected chi connectivity index (χ3v) is 9.90. The Hall–Kier alpha value is -1.40. The molecule has 0 saturated heterocycles. The number of anilines is 2. The van der Waals surface area contributed by atoms with E-state index in [2.05, 4.69) is 54.1 Å². The largest absolute Gasteiger partial charge is 1.00 e. The van der Waals surface area contributed by atoms with Gasteiger partial charge in [-0.05, 0) is 48.5 Å². The summed E-state index contributed by atoms with van der Waals surface area (Å²) in [5.74, 6) is -0.152. The summed E-state index contributed by atoms with van der Waals surface area (Å²) in [5, 5.41) is 20.2. The molecule has 310 valence electrons. The van der Waals surface area contributed by atoms with Crippen LogP contribution in [0.4, 0.5) is 11.4 Å². The summed E-state index contributed by atoms with van der Waals surface area (Å²) in [5.41, 5.74) is 0.677. The monoisotopic (exact) mass is 1000 g/mol. The summed E-state index contributed by atoms with van der Waals surface area (Å²) >= 11 is 15.2. The van der Waals surface area contributed by atoms with E-state index in [9.17, 15) is 26.4 Å². The molecule has 24 heteroatoms. The van der Waals surface area contributed by atoms with Crippen molar-refractivity contribution in [2.24, 2.45) is 5.14 Å². The Kier molecular flexibility index (Phi) is 34.0. The summed E-state index contributed by atoms with van der Waals surface area (Å²) in [7, 11) is -5.57. The van der Waals surface area contributed by atoms with E-state index in [1.807, 2.05) is 0 Å². The van der Waals surface area contributed by atoms with Crippen molar-refractivity contribution in [3.63, 3.8) is 0 Å². The number of carbonyl (C=O) groups is 3. The standard InChI is InChI=1S/C16H17ClN2O5S.C13H13ClN2O5S.C3H5Br.CH2O3.CH4.2K.H/c1-3-6-19-25(21,22)15-8-12(16(20)23-2)14(9-13(15)17)18-10-11-5-4-7-24-11;1-20-13(17)9-5-12(22(15,18)19)10(14)6-11(9)16-7-8-3-2-4-21-8;1-2-3-4;2-1-4-3;;;;/h3-5,7-9,18-19H,1,6,10H2,2H3;2-6,16H,7H2,1H3,(H2,15,18,19);2H,1,3H2;1,3H;1H4;;;/q;;;;;2*+1;-1/p-1. The molecule has 2 aromatic heterocycles. The molecule has 4 aromatic rings. The average molecular weight is 1010 g/mol. The van der Waals surface area contributed by atoms with Crippen molar-refractivity contribution in [3.05, 3.63) is 119 Å². The van der Waals surface area contributed by atoms with Crippen LogP contribution >= 0.6 is 39.1 Å². The number of alkyl halides is 1. The predicted octanol–water partition coefficient (Wildman–Crippen LogP) is -0.466. The van der Waals surface area contributed by atoms with Gasteiger partial charge in [0.2, 0.25) is 20.0 Å². The number of benzene rings is 2. The summed E-state index contributed by atoms with van der Waals surface area (Å²) < 4.78 is 69.6. The smallest absolute Gasteiger partial charge is 1.00 e. The zero-order chi connectivity index (χ0) is 41.6. The summed E-state index contributed by atoms with van der Waals surface area (Å²) in [6.45, 7) is 7.30. The summed E-state index contributed by atoms with van der Waals surface area (Å²) in [6, 6.07) is 11.9. The Bertz CT molecular complexity index is 2090. The molecular formula is C34H41BrCl2K2N4O13S2. The predicted molar refractivity (Wildman–Crippen MR) is 213 cm³/mol. The molecule has 0 bridgehead atoms. The van der Waals surface area contributed by atoms with Crippen molar-refractivity contribution in [1.82, 2.24) is 4.72 Å². The molecule has 0 unspecified atom stereocenters. The number of rotatable bonds is 15. The fourth-order valence-corrected chi connectivity index (χ4v) is 6.47. The zero-order valence-corrected chi connectivity index (χ0v) is 42.1. The van der Waals surface area contributed by atoms with Gasteiger partial charge in [0, 0.05) is 11.9 Å². The van der Waals surface area contributed by atoms with Crippen molar-refractivity contribution in [2.75, 3.05) is 36.7 Å². The van der Waals surface area contributed by atoms with Crippen LogP contribution in [0.3, 0.4) is 0 Å². The number of methoxy groups -OCH3 is 2. The van der Waals surface area contributed by atoms with Gasteiger partial charge < -0.3 is 40.5 Å². The van der Waals surface area contributed by atoms with E-state index in [-0.39, 0.29) is 169 Å². The van der Waals surface area contributed by atoms with Crippen molar-refractivity contribution in [1.29, 1.82) is 0 Å². The molecule has 4 rings (SSSR count). The van der Waals surface area contributed by atoms with E-state index in [0.717, 1.165) is 11.4 Å². The third kappa shape index (κ3) is 21.4. The first kappa shape index (κ1) is 60.9. The number of carbonyl (C=O) groups excluding carboxylic acids is 3. The Morgan fingerprint density at radius 2 is 1.26 bits per heavy atom.